The van der Waals surface area contributed by atoms with Gasteiger partial charge in [-0.2, -0.15) is 0 Å². The molecule has 1 atom stereocenters. The predicted molar refractivity (Wildman–Crippen MR) is 325 cm³/mol. The zero-order valence-corrected chi connectivity index (χ0v) is 48.8. The molecule has 0 amide bonds. The van der Waals surface area contributed by atoms with Crippen molar-refractivity contribution in [2.45, 2.75) is 284 Å². The van der Waals surface area contributed by atoms with Crippen LogP contribution in [-0.4, -0.2) is 37.2 Å². The number of hydrogen-bond donors (Lipinski definition) is 0. The van der Waals surface area contributed by atoms with Crippen molar-refractivity contribution in [1.82, 2.24) is 0 Å². The van der Waals surface area contributed by atoms with E-state index in [0.29, 0.717) is 12.8 Å². The van der Waals surface area contributed by atoms with Gasteiger partial charge in [-0.05, 0) is 96.3 Å². The van der Waals surface area contributed by atoms with Gasteiger partial charge in [0.05, 0.1) is 0 Å². The highest BCUT2D eigenvalue weighted by Gasteiger charge is 2.19. The summed E-state index contributed by atoms with van der Waals surface area (Å²) in [5, 5.41) is 0. The lowest BCUT2D eigenvalue weighted by Crippen LogP contribution is -2.30. The van der Waals surface area contributed by atoms with E-state index in [1.165, 1.54) is 116 Å². The largest absolute Gasteiger partial charge is 0.462 e. The topological polar surface area (TPSA) is 78.9 Å². The van der Waals surface area contributed by atoms with Crippen LogP contribution in [0.3, 0.4) is 0 Å². The summed E-state index contributed by atoms with van der Waals surface area (Å²) < 4.78 is 16.8. The maximum absolute atomic E-state index is 12.9. The SMILES string of the molecule is CC/C=C\C/C=C\C/C=C\C/C=C\C/C=C\C/C=C\CCC(=O)OC[C@H](COC(=O)CCCCCCCCCCCCCCCCCCCCCCC)OC(=O)CCCCCC/C=C\C/C=C\C/C=C\C/C=C\CC. The molecule has 426 valence electrons. The zero-order chi connectivity index (χ0) is 54.3. The Balaban J connectivity index is 4.50. The van der Waals surface area contributed by atoms with E-state index < -0.39 is 6.10 Å². The average Bonchev–Trinajstić information content (AvgIpc) is 3.41. The molecule has 75 heavy (non-hydrogen) atoms. The third kappa shape index (κ3) is 60.6. The number of rotatable bonds is 55. The molecule has 0 saturated heterocycles. The molecule has 0 N–H and O–H groups in total. The van der Waals surface area contributed by atoms with Crippen LogP contribution in [0.25, 0.3) is 0 Å². The summed E-state index contributed by atoms with van der Waals surface area (Å²) in [4.78, 5) is 38.3. The second-order valence-electron chi connectivity index (χ2n) is 20.2. The molecule has 0 bridgehead atoms. The summed E-state index contributed by atoms with van der Waals surface area (Å²) in [6.07, 6.45) is 86.4. The molecular weight excluding hydrogens is 925 g/mol. The summed E-state index contributed by atoms with van der Waals surface area (Å²) >= 11 is 0. The van der Waals surface area contributed by atoms with Gasteiger partial charge in [0.15, 0.2) is 6.10 Å². The molecular formula is C69H114O6. The number of carbonyl (C=O) groups excluding carboxylic acids is 3. The molecule has 0 radical (unpaired) electrons. The number of esters is 3. The van der Waals surface area contributed by atoms with Crippen LogP contribution in [0.15, 0.2) is 122 Å². The van der Waals surface area contributed by atoms with Crippen LogP contribution in [0, 0.1) is 0 Å². The van der Waals surface area contributed by atoms with Gasteiger partial charge in [-0.1, -0.05) is 284 Å². The van der Waals surface area contributed by atoms with Crippen LogP contribution in [0.5, 0.6) is 0 Å². The zero-order valence-electron chi connectivity index (χ0n) is 48.8. The minimum absolute atomic E-state index is 0.112. The number of hydrogen-bond acceptors (Lipinski definition) is 6. The van der Waals surface area contributed by atoms with Crippen molar-refractivity contribution in [3.63, 3.8) is 0 Å². The summed E-state index contributed by atoms with van der Waals surface area (Å²) in [7, 11) is 0. The van der Waals surface area contributed by atoms with Gasteiger partial charge < -0.3 is 14.2 Å². The van der Waals surface area contributed by atoms with Crippen molar-refractivity contribution in [2.75, 3.05) is 13.2 Å². The smallest absolute Gasteiger partial charge is 0.306 e. The molecule has 6 nitrogen and oxygen atoms in total. The van der Waals surface area contributed by atoms with Gasteiger partial charge in [-0.15, -0.1) is 0 Å². The average molecular weight is 1040 g/mol. The quantitative estimate of drug-likeness (QED) is 0.0261. The molecule has 0 aliphatic rings. The molecule has 0 fully saturated rings. The summed E-state index contributed by atoms with van der Waals surface area (Å²) in [5.41, 5.74) is 0. The second kappa shape index (κ2) is 62.4. The predicted octanol–water partition coefficient (Wildman–Crippen LogP) is 21.2. The van der Waals surface area contributed by atoms with Crippen molar-refractivity contribution < 1.29 is 28.6 Å². The van der Waals surface area contributed by atoms with Crippen LogP contribution in [0.4, 0.5) is 0 Å². The van der Waals surface area contributed by atoms with Crippen molar-refractivity contribution in [1.29, 1.82) is 0 Å². The van der Waals surface area contributed by atoms with E-state index in [1.54, 1.807) is 0 Å². The molecule has 0 unspecified atom stereocenters. The van der Waals surface area contributed by atoms with Crippen LogP contribution >= 0.6 is 0 Å². The normalized spacial score (nSPS) is 12.9. The lowest BCUT2D eigenvalue weighted by Gasteiger charge is -2.18. The third-order valence-electron chi connectivity index (χ3n) is 13.0. The highest BCUT2D eigenvalue weighted by molar-refractivity contribution is 5.71. The Hall–Kier alpha value is -4.19. The van der Waals surface area contributed by atoms with Crippen molar-refractivity contribution in [3.8, 4) is 0 Å². The fourth-order valence-corrected chi connectivity index (χ4v) is 8.40. The third-order valence-corrected chi connectivity index (χ3v) is 13.0. The molecule has 0 saturated carbocycles. The first-order chi connectivity index (χ1) is 37.0. The van der Waals surface area contributed by atoms with E-state index >= 15 is 0 Å². The Morgan fingerprint density at radius 2 is 0.547 bits per heavy atom. The van der Waals surface area contributed by atoms with E-state index in [0.717, 1.165) is 116 Å². The standard InChI is InChI=1S/C69H114O6/c1-4-7-10-13-16-19-22-25-28-31-33-34-36-39-41-44-47-50-53-56-59-62-68(71)74-65-66(75-69(72)63-60-57-54-51-48-45-42-37-30-27-24-21-18-15-12-9-6-3)64-73-67(70)61-58-55-52-49-46-43-40-38-35-32-29-26-23-20-17-14-11-8-5-2/h8-9,11-12,17-18,20-21,26-27,29-30,35,38,42-43,45-46,52,55,66H,4-7,10,13-16,19,22-25,28,31-34,36-37,39-41,44,47-51,53-54,56-65H2,1-3H3/b11-8-,12-9-,20-17-,21-18-,29-26-,30-27-,38-35-,45-42-,46-43-,55-52-/t66-/m1/s1. The number of carbonyl (C=O) groups is 3. The van der Waals surface area contributed by atoms with Crippen LogP contribution in [0.1, 0.15) is 278 Å². The lowest BCUT2D eigenvalue weighted by molar-refractivity contribution is -0.166. The molecule has 0 aliphatic heterocycles. The summed E-state index contributed by atoms with van der Waals surface area (Å²) in [6.45, 7) is 6.35. The fourth-order valence-electron chi connectivity index (χ4n) is 8.40. The highest BCUT2D eigenvalue weighted by Crippen LogP contribution is 2.16. The van der Waals surface area contributed by atoms with Crippen LogP contribution in [-0.2, 0) is 28.6 Å². The van der Waals surface area contributed by atoms with Gasteiger partial charge >= 0.3 is 17.9 Å². The Morgan fingerprint density at radius 1 is 0.280 bits per heavy atom. The van der Waals surface area contributed by atoms with Crippen molar-refractivity contribution in [3.05, 3.63) is 122 Å². The molecule has 0 aliphatic carbocycles. The Labute approximate surface area is 462 Å². The Morgan fingerprint density at radius 3 is 0.893 bits per heavy atom. The Bertz CT molecular complexity index is 1570. The van der Waals surface area contributed by atoms with Gasteiger partial charge in [-0.3, -0.25) is 14.4 Å². The fraction of sp³-hybridized carbons (Fsp3) is 0.667. The first kappa shape index (κ1) is 70.8. The Kier molecular flexibility index (Phi) is 58.9. The minimum atomic E-state index is -0.825. The molecule has 0 rings (SSSR count). The van der Waals surface area contributed by atoms with Crippen LogP contribution in [0.2, 0.25) is 0 Å². The summed E-state index contributed by atoms with van der Waals surface area (Å²) in [5.74, 6) is -1.02. The first-order valence-electron chi connectivity index (χ1n) is 31.0. The monoisotopic (exact) mass is 1040 g/mol. The van der Waals surface area contributed by atoms with Gasteiger partial charge in [-0.25, -0.2) is 0 Å². The van der Waals surface area contributed by atoms with E-state index in [9.17, 15) is 14.4 Å². The maximum Gasteiger partial charge on any atom is 0.306 e. The molecule has 0 aromatic rings. The minimum Gasteiger partial charge on any atom is -0.462 e. The first-order valence-corrected chi connectivity index (χ1v) is 31.0. The number of allylic oxidation sites excluding steroid dienone is 20. The molecule has 0 aromatic carbocycles. The van der Waals surface area contributed by atoms with Gasteiger partial charge in [0.2, 0.25) is 0 Å². The number of ether oxygens (including phenoxy) is 3. The van der Waals surface area contributed by atoms with Gasteiger partial charge in [0.1, 0.15) is 13.2 Å². The van der Waals surface area contributed by atoms with E-state index in [4.69, 9.17) is 14.2 Å². The lowest BCUT2D eigenvalue weighted by atomic mass is 10.0. The summed E-state index contributed by atoms with van der Waals surface area (Å²) in [6, 6.07) is 0. The molecule has 0 aromatic heterocycles. The molecule has 6 heteroatoms. The highest BCUT2D eigenvalue weighted by atomic mass is 16.6. The molecule has 0 spiro atoms. The van der Waals surface area contributed by atoms with Crippen LogP contribution < -0.4 is 0 Å². The maximum atomic E-state index is 12.9. The van der Waals surface area contributed by atoms with E-state index in [1.807, 2.05) is 6.08 Å². The van der Waals surface area contributed by atoms with Crippen molar-refractivity contribution >= 4 is 17.9 Å². The molecule has 0 heterocycles. The van der Waals surface area contributed by atoms with E-state index in [2.05, 4.69) is 136 Å². The second-order valence-corrected chi connectivity index (χ2v) is 20.2. The van der Waals surface area contributed by atoms with Gasteiger partial charge in [0.25, 0.3) is 0 Å². The van der Waals surface area contributed by atoms with Crippen molar-refractivity contribution in [2.24, 2.45) is 0 Å². The van der Waals surface area contributed by atoms with E-state index in [-0.39, 0.29) is 44.0 Å². The number of unbranched alkanes of at least 4 members (excludes halogenated alkanes) is 24. The van der Waals surface area contributed by atoms with Gasteiger partial charge in [0, 0.05) is 19.3 Å².